The van der Waals surface area contributed by atoms with Crippen molar-refractivity contribution in [3.05, 3.63) is 34.9 Å². The molecule has 3 atom stereocenters. The van der Waals surface area contributed by atoms with Crippen molar-refractivity contribution in [1.82, 2.24) is 9.80 Å². The van der Waals surface area contributed by atoms with Crippen LogP contribution in [-0.4, -0.2) is 77.9 Å². The summed E-state index contributed by atoms with van der Waals surface area (Å²) in [5.41, 5.74) is 5.80. The minimum atomic E-state index is -1.73. The third kappa shape index (κ3) is 3.20. The van der Waals surface area contributed by atoms with Crippen molar-refractivity contribution in [2.75, 3.05) is 33.8 Å². The number of carboxylic acids is 1. The van der Waals surface area contributed by atoms with Crippen LogP contribution in [0.2, 0.25) is 0 Å². The van der Waals surface area contributed by atoms with Gasteiger partial charge in [-0.05, 0) is 30.2 Å². The lowest BCUT2D eigenvalue weighted by Gasteiger charge is -2.33. The Morgan fingerprint density at radius 1 is 1.25 bits per heavy atom. The Bertz CT molecular complexity index is 813. The van der Waals surface area contributed by atoms with E-state index >= 15 is 0 Å². The van der Waals surface area contributed by atoms with E-state index in [2.05, 4.69) is 0 Å². The van der Waals surface area contributed by atoms with E-state index in [-0.39, 0.29) is 13.0 Å². The maximum absolute atomic E-state index is 12.3. The zero-order valence-electron chi connectivity index (χ0n) is 15.9. The van der Waals surface area contributed by atoms with Crippen molar-refractivity contribution in [3.63, 3.8) is 0 Å². The van der Waals surface area contributed by atoms with E-state index in [1.54, 1.807) is 18.2 Å². The molecule has 1 fully saturated rings. The molecule has 0 spiro atoms. The quantitative estimate of drug-likeness (QED) is 0.677. The van der Waals surface area contributed by atoms with Crippen LogP contribution in [0.1, 0.15) is 29.0 Å². The Hall–Kier alpha value is -2.65. The number of likely N-dealkylation sites (N-methyl/N-ethyl adjacent to an activating group) is 1. The third-order valence-electron chi connectivity index (χ3n) is 5.88. The van der Waals surface area contributed by atoms with Crippen LogP contribution in [0.3, 0.4) is 0 Å². The van der Waals surface area contributed by atoms with E-state index in [1.165, 1.54) is 7.11 Å². The van der Waals surface area contributed by atoms with E-state index in [0.29, 0.717) is 25.1 Å². The van der Waals surface area contributed by atoms with Crippen LogP contribution in [-0.2, 0) is 26.3 Å². The summed E-state index contributed by atoms with van der Waals surface area (Å²) in [5, 5.41) is 19.7. The fourth-order valence-electron chi connectivity index (χ4n) is 4.34. The summed E-state index contributed by atoms with van der Waals surface area (Å²) in [4.78, 5) is 39.0. The van der Waals surface area contributed by atoms with Gasteiger partial charge in [0.25, 0.3) is 0 Å². The molecule has 0 aliphatic carbocycles. The molecule has 0 radical (unpaired) electrons. The summed E-state index contributed by atoms with van der Waals surface area (Å²) in [6, 6.07) is 5.03. The number of fused-ring (bicyclic) bond motifs is 1. The van der Waals surface area contributed by atoms with Crippen molar-refractivity contribution in [3.8, 4) is 0 Å². The first-order chi connectivity index (χ1) is 13.2. The number of aliphatic carboxylic acids is 1. The summed E-state index contributed by atoms with van der Waals surface area (Å²) < 4.78 is 5.28. The van der Waals surface area contributed by atoms with Gasteiger partial charge in [-0.1, -0.05) is 18.2 Å². The van der Waals surface area contributed by atoms with E-state index in [0.717, 1.165) is 16.0 Å². The molecule has 3 rings (SSSR count). The molecule has 1 aromatic rings. The maximum atomic E-state index is 12.3. The van der Waals surface area contributed by atoms with Gasteiger partial charge in [0.2, 0.25) is 5.91 Å². The van der Waals surface area contributed by atoms with Gasteiger partial charge >= 0.3 is 12.1 Å². The lowest BCUT2D eigenvalue weighted by Crippen LogP contribution is -2.50. The molecule has 2 aliphatic heterocycles. The number of benzene rings is 1. The van der Waals surface area contributed by atoms with E-state index in [4.69, 9.17) is 10.5 Å². The third-order valence-corrected chi connectivity index (χ3v) is 5.88. The molecule has 0 saturated carbocycles. The molecule has 1 unspecified atom stereocenters. The first kappa shape index (κ1) is 20.1. The second-order valence-electron chi connectivity index (χ2n) is 7.50. The number of carbonyl (C=O) groups is 3. The number of nitrogens with zero attached hydrogens (tertiary/aromatic N) is 2. The number of nitrogens with two attached hydrogens (primary N) is 1. The molecule has 0 bridgehead atoms. The minimum Gasteiger partial charge on any atom is -0.479 e. The average Bonchev–Trinajstić information content (AvgIpc) is 2.97. The highest BCUT2D eigenvalue weighted by Gasteiger charge is 2.55. The van der Waals surface area contributed by atoms with Gasteiger partial charge < -0.3 is 25.6 Å². The number of carbonyl (C=O) groups excluding carboxylic acids is 1. The van der Waals surface area contributed by atoms with E-state index in [1.807, 2.05) is 11.9 Å². The van der Waals surface area contributed by atoms with Crippen LogP contribution in [0.5, 0.6) is 0 Å². The molecule has 152 valence electrons. The number of primary amides is 1. The lowest BCUT2D eigenvalue weighted by atomic mass is 9.83. The Morgan fingerprint density at radius 3 is 2.54 bits per heavy atom. The first-order valence-electron chi connectivity index (χ1n) is 9.08. The van der Waals surface area contributed by atoms with Gasteiger partial charge in [-0.15, -0.1) is 0 Å². The summed E-state index contributed by atoms with van der Waals surface area (Å²) in [5.74, 6) is -2.18. The van der Waals surface area contributed by atoms with Gasteiger partial charge in [-0.3, -0.25) is 9.69 Å². The molecule has 0 aromatic heterocycles. The molecule has 28 heavy (non-hydrogen) atoms. The normalized spacial score (nSPS) is 27.9. The molecule has 4 N–H and O–H groups in total. The lowest BCUT2D eigenvalue weighted by molar-refractivity contribution is -0.149. The summed E-state index contributed by atoms with van der Waals surface area (Å²) >= 11 is 0. The second-order valence-corrected chi connectivity index (χ2v) is 7.50. The van der Waals surface area contributed by atoms with Gasteiger partial charge in [-0.25, -0.2) is 9.59 Å². The highest BCUT2D eigenvalue weighted by atomic mass is 16.5. The monoisotopic (exact) mass is 391 g/mol. The number of hydrogen-bond acceptors (Lipinski definition) is 5. The van der Waals surface area contributed by atoms with Crippen LogP contribution >= 0.6 is 0 Å². The van der Waals surface area contributed by atoms with Gasteiger partial charge in [0.1, 0.15) is 0 Å². The van der Waals surface area contributed by atoms with Gasteiger partial charge in [0.05, 0.1) is 18.6 Å². The van der Waals surface area contributed by atoms with Crippen molar-refractivity contribution in [2.24, 2.45) is 5.73 Å². The van der Waals surface area contributed by atoms with Gasteiger partial charge in [-0.2, -0.15) is 0 Å². The zero-order chi connectivity index (χ0) is 20.6. The van der Waals surface area contributed by atoms with E-state index in [9.17, 15) is 24.6 Å². The zero-order valence-corrected chi connectivity index (χ0v) is 15.9. The molecular weight excluding hydrogens is 366 g/mol. The average molecular weight is 391 g/mol. The summed E-state index contributed by atoms with van der Waals surface area (Å²) in [6.45, 7) is 1.14. The number of ether oxygens (including phenoxy) is 1. The standard InChI is InChI=1S/C19H25N3O6/c1-21-6-5-11-7-12(3-4-14(11)15(10-21)16(20)23)19(17(24)25)8-13(28-2)9-22(19)18(26)27/h3-4,7,13,15H,5-6,8-10H2,1-2H3,(H2,20,23)(H,24,25)(H,26,27)/t13-,15?,19-/m1/s1. The van der Waals surface area contributed by atoms with Crippen LogP contribution in [0.15, 0.2) is 18.2 Å². The highest BCUT2D eigenvalue weighted by molar-refractivity contribution is 5.87. The Labute approximate surface area is 162 Å². The number of hydrogen-bond donors (Lipinski definition) is 3. The predicted octanol–water partition coefficient (Wildman–Crippen LogP) is 0.422. The fraction of sp³-hybridized carbons (Fsp3) is 0.526. The Kier molecular flexibility index (Phi) is 5.31. The van der Waals surface area contributed by atoms with Crippen molar-refractivity contribution in [2.45, 2.75) is 30.4 Å². The first-order valence-corrected chi connectivity index (χ1v) is 9.08. The topological polar surface area (TPSA) is 133 Å². The molecule has 1 aromatic carbocycles. The van der Waals surface area contributed by atoms with Crippen LogP contribution in [0.4, 0.5) is 4.79 Å². The highest BCUT2D eigenvalue weighted by Crippen LogP contribution is 2.42. The Morgan fingerprint density at radius 2 is 1.96 bits per heavy atom. The fourth-order valence-corrected chi connectivity index (χ4v) is 4.34. The second kappa shape index (κ2) is 7.40. The number of methoxy groups -OCH3 is 1. The maximum Gasteiger partial charge on any atom is 0.408 e. The smallest absolute Gasteiger partial charge is 0.408 e. The van der Waals surface area contributed by atoms with Gasteiger partial charge in [0, 0.05) is 26.6 Å². The van der Waals surface area contributed by atoms with Crippen LogP contribution in [0, 0.1) is 0 Å². The molecule has 2 aliphatic rings. The van der Waals surface area contributed by atoms with Crippen molar-refractivity contribution >= 4 is 18.0 Å². The number of amides is 2. The molecular formula is C19H25N3O6. The molecule has 2 amide bonds. The summed E-state index contributed by atoms with van der Waals surface area (Å²) in [7, 11) is 3.33. The molecule has 9 heteroatoms. The largest absolute Gasteiger partial charge is 0.479 e. The molecule has 1 saturated heterocycles. The number of rotatable bonds is 4. The molecule has 9 nitrogen and oxygen atoms in total. The van der Waals surface area contributed by atoms with Crippen molar-refractivity contribution < 1.29 is 29.3 Å². The Balaban J connectivity index is 2.13. The van der Waals surface area contributed by atoms with Gasteiger partial charge in [0.15, 0.2) is 5.54 Å². The SMILES string of the molecule is CO[C@H]1CN(C(=O)O)[C@@](C(=O)O)(c2ccc3c(c2)CCN(C)CC3C(N)=O)C1. The van der Waals surface area contributed by atoms with Crippen molar-refractivity contribution in [1.29, 1.82) is 0 Å². The summed E-state index contributed by atoms with van der Waals surface area (Å²) in [6.07, 6.45) is -1.20. The minimum absolute atomic E-state index is 0.0169. The number of likely N-dealkylation sites (tertiary alicyclic amines) is 1. The van der Waals surface area contributed by atoms with Crippen LogP contribution < -0.4 is 5.73 Å². The predicted molar refractivity (Wildman–Crippen MR) is 99.0 cm³/mol. The molecule has 2 heterocycles. The van der Waals surface area contributed by atoms with E-state index < -0.39 is 35.5 Å². The number of carboxylic acid groups (broad SMARTS) is 2. The van der Waals surface area contributed by atoms with Crippen LogP contribution in [0.25, 0.3) is 0 Å².